The first-order valence-corrected chi connectivity index (χ1v) is 9.41. The van der Waals surface area contributed by atoms with Crippen LogP contribution in [0.15, 0.2) is 47.4 Å². The fraction of sp³-hybridized carbons (Fsp3) is 0.200. The van der Waals surface area contributed by atoms with Crippen LogP contribution in [-0.4, -0.2) is 23.9 Å². The van der Waals surface area contributed by atoms with E-state index in [-0.39, 0.29) is 5.91 Å². The zero-order chi connectivity index (χ0) is 18.7. The van der Waals surface area contributed by atoms with Crippen molar-refractivity contribution in [1.82, 2.24) is 0 Å². The number of aryl methyl sites for hydroxylation is 1. The summed E-state index contributed by atoms with van der Waals surface area (Å²) in [6.45, 7) is 4.49. The molecule has 1 amide bonds. The van der Waals surface area contributed by atoms with Gasteiger partial charge >= 0.3 is 0 Å². The summed E-state index contributed by atoms with van der Waals surface area (Å²) in [6.07, 6.45) is 1.83. The number of rotatable bonds is 5. The van der Waals surface area contributed by atoms with Gasteiger partial charge in [0.05, 0.1) is 24.3 Å². The maximum Gasteiger partial charge on any atom is 0.270 e. The summed E-state index contributed by atoms with van der Waals surface area (Å²) < 4.78 is 11.4. The van der Waals surface area contributed by atoms with Crippen molar-refractivity contribution in [2.45, 2.75) is 13.8 Å². The van der Waals surface area contributed by atoms with Gasteiger partial charge in [0.2, 0.25) is 0 Å². The van der Waals surface area contributed by atoms with Gasteiger partial charge in [-0.05, 0) is 49.8 Å². The van der Waals surface area contributed by atoms with Crippen LogP contribution in [0.25, 0.3) is 6.08 Å². The second-order valence-corrected chi connectivity index (χ2v) is 7.37. The van der Waals surface area contributed by atoms with Crippen molar-refractivity contribution >= 4 is 46.0 Å². The molecule has 1 saturated heterocycles. The number of amides is 1. The normalized spacial score (nSPS) is 15.7. The van der Waals surface area contributed by atoms with Gasteiger partial charge in [0.1, 0.15) is 0 Å². The molecular formula is C20H19NO3S2. The minimum absolute atomic E-state index is 0.114. The number of hydrogen-bond acceptors (Lipinski definition) is 5. The second-order valence-electron chi connectivity index (χ2n) is 5.70. The Morgan fingerprint density at radius 2 is 1.88 bits per heavy atom. The maximum atomic E-state index is 12.8. The van der Waals surface area contributed by atoms with Gasteiger partial charge in [0.15, 0.2) is 15.8 Å². The summed E-state index contributed by atoms with van der Waals surface area (Å²) in [4.78, 5) is 15.0. The van der Waals surface area contributed by atoms with Gasteiger partial charge in [-0.2, -0.15) is 0 Å². The molecule has 134 valence electrons. The van der Waals surface area contributed by atoms with E-state index in [9.17, 15) is 4.79 Å². The first-order chi connectivity index (χ1) is 12.5. The van der Waals surface area contributed by atoms with Crippen molar-refractivity contribution < 1.29 is 14.3 Å². The summed E-state index contributed by atoms with van der Waals surface area (Å²) in [6, 6.07) is 13.3. The molecule has 3 rings (SSSR count). The zero-order valence-electron chi connectivity index (χ0n) is 14.8. The highest BCUT2D eigenvalue weighted by molar-refractivity contribution is 8.27. The van der Waals surface area contributed by atoms with Crippen LogP contribution in [0.5, 0.6) is 11.5 Å². The number of benzene rings is 2. The summed E-state index contributed by atoms with van der Waals surface area (Å²) in [7, 11) is 1.60. The lowest BCUT2D eigenvalue weighted by atomic mass is 10.1. The molecule has 2 aromatic rings. The highest BCUT2D eigenvalue weighted by Crippen LogP contribution is 2.37. The van der Waals surface area contributed by atoms with E-state index >= 15 is 0 Å². The minimum Gasteiger partial charge on any atom is -0.493 e. The first-order valence-electron chi connectivity index (χ1n) is 8.19. The van der Waals surface area contributed by atoms with Crippen molar-refractivity contribution in [1.29, 1.82) is 0 Å². The number of anilines is 1. The number of thioether (sulfide) groups is 1. The first kappa shape index (κ1) is 18.5. The second kappa shape index (κ2) is 7.93. The van der Waals surface area contributed by atoms with Crippen LogP contribution in [0.2, 0.25) is 0 Å². The van der Waals surface area contributed by atoms with Crippen LogP contribution < -0.4 is 14.4 Å². The number of hydrogen-bond donors (Lipinski definition) is 0. The maximum absolute atomic E-state index is 12.8. The topological polar surface area (TPSA) is 38.8 Å². The smallest absolute Gasteiger partial charge is 0.270 e. The predicted molar refractivity (Wildman–Crippen MR) is 111 cm³/mol. The quantitative estimate of drug-likeness (QED) is 0.546. The Labute approximate surface area is 162 Å². The number of carbonyl (C=O) groups is 1. The molecule has 0 saturated carbocycles. The number of carbonyl (C=O) groups excluding carboxylic acids is 1. The van der Waals surface area contributed by atoms with Gasteiger partial charge in [0, 0.05) is 0 Å². The molecular weight excluding hydrogens is 366 g/mol. The van der Waals surface area contributed by atoms with Crippen LogP contribution in [0.1, 0.15) is 18.1 Å². The third-order valence-corrected chi connectivity index (χ3v) is 5.17. The summed E-state index contributed by atoms with van der Waals surface area (Å²) >= 11 is 6.71. The molecule has 6 heteroatoms. The molecule has 26 heavy (non-hydrogen) atoms. The Balaban J connectivity index is 1.89. The molecule has 0 spiro atoms. The standard InChI is InChI=1S/C20H19NO3S2/c1-4-24-16-10-7-14(11-17(16)23-3)12-18-19(22)21(20(25)26-18)15-8-5-13(2)6-9-15/h5-12H,4H2,1-3H3/b18-12-. The number of nitrogens with zero attached hydrogens (tertiary/aromatic N) is 1. The highest BCUT2D eigenvalue weighted by Gasteiger charge is 2.33. The Morgan fingerprint density at radius 3 is 2.54 bits per heavy atom. The van der Waals surface area contributed by atoms with E-state index in [1.165, 1.54) is 11.8 Å². The highest BCUT2D eigenvalue weighted by atomic mass is 32.2. The van der Waals surface area contributed by atoms with Crippen molar-refractivity contribution in [3.63, 3.8) is 0 Å². The SMILES string of the molecule is CCOc1ccc(/C=C2\SC(=S)N(c3ccc(C)cc3)C2=O)cc1OC. The monoisotopic (exact) mass is 385 g/mol. The van der Waals surface area contributed by atoms with E-state index in [4.69, 9.17) is 21.7 Å². The van der Waals surface area contributed by atoms with Gasteiger partial charge in [-0.15, -0.1) is 0 Å². The summed E-state index contributed by atoms with van der Waals surface area (Å²) in [5.41, 5.74) is 2.77. The number of methoxy groups -OCH3 is 1. The molecule has 1 aliphatic rings. The molecule has 1 fully saturated rings. The molecule has 0 atom stereocenters. The van der Waals surface area contributed by atoms with Gasteiger partial charge in [0.25, 0.3) is 5.91 Å². The van der Waals surface area contributed by atoms with Crippen LogP contribution in [-0.2, 0) is 4.79 Å². The van der Waals surface area contributed by atoms with E-state index in [0.29, 0.717) is 27.3 Å². The van der Waals surface area contributed by atoms with Gasteiger partial charge in [-0.1, -0.05) is 47.7 Å². The number of ether oxygens (including phenoxy) is 2. The van der Waals surface area contributed by atoms with E-state index in [2.05, 4.69) is 0 Å². The van der Waals surface area contributed by atoms with E-state index in [1.807, 2.05) is 62.4 Å². The lowest BCUT2D eigenvalue weighted by Gasteiger charge is -2.14. The van der Waals surface area contributed by atoms with Crippen molar-refractivity contribution in [2.24, 2.45) is 0 Å². The third-order valence-electron chi connectivity index (χ3n) is 3.87. The van der Waals surface area contributed by atoms with Gasteiger partial charge in [-0.25, -0.2) is 0 Å². The average molecular weight is 386 g/mol. The average Bonchev–Trinajstić information content (AvgIpc) is 2.91. The van der Waals surface area contributed by atoms with Crippen LogP contribution in [0, 0.1) is 6.92 Å². The fourth-order valence-electron chi connectivity index (χ4n) is 2.58. The van der Waals surface area contributed by atoms with Gasteiger partial charge in [-0.3, -0.25) is 9.69 Å². The Morgan fingerprint density at radius 1 is 1.15 bits per heavy atom. The van der Waals surface area contributed by atoms with E-state index in [1.54, 1.807) is 12.0 Å². The molecule has 1 heterocycles. The largest absolute Gasteiger partial charge is 0.493 e. The molecule has 0 aromatic heterocycles. The van der Waals surface area contributed by atoms with E-state index in [0.717, 1.165) is 16.8 Å². The zero-order valence-corrected chi connectivity index (χ0v) is 16.4. The fourth-order valence-corrected chi connectivity index (χ4v) is 3.88. The van der Waals surface area contributed by atoms with Crippen molar-refractivity contribution in [3.8, 4) is 11.5 Å². The molecule has 0 aliphatic carbocycles. The summed E-state index contributed by atoms with van der Waals surface area (Å²) in [5.74, 6) is 1.20. The Kier molecular flexibility index (Phi) is 5.64. The number of thiocarbonyl (C=S) groups is 1. The third kappa shape index (κ3) is 3.76. The minimum atomic E-state index is -0.114. The Hall–Kier alpha value is -2.31. The molecule has 4 nitrogen and oxygen atoms in total. The lowest BCUT2D eigenvalue weighted by molar-refractivity contribution is -0.113. The Bertz CT molecular complexity index is 875. The van der Waals surface area contributed by atoms with Crippen LogP contribution >= 0.6 is 24.0 Å². The van der Waals surface area contributed by atoms with Crippen LogP contribution in [0.4, 0.5) is 5.69 Å². The lowest BCUT2D eigenvalue weighted by Crippen LogP contribution is -2.27. The van der Waals surface area contributed by atoms with Gasteiger partial charge < -0.3 is 9.47 Å². The molecule has 0 N–H and O–H groups in total. The molecule has 2 aromatic carbocycles. The van der Waals surface area contributed by atoms with Crippen molar-refractivity contribution in [2.75, 3.05) is 18.6 Å². The molecule has 0 unspecified atom stereocenters. The van der Waals surface area contributed by atoms with E-state index < -0.39 is 0 Å². The predicted octanol–water partition coefficient (Wildman–Crippen LogP) is 4.81. The molecule has 0 radical (unpaired) electrons. The van der Waals surface area contributed by atoms with Crippen LogP contribution in [0.3, 0.4) is 0 Å². The molecule has 0 bridgehead atoms. The van der Waals surface area contributed by atoms with Crippen molar-refractivity contribution in [3.05, 3.63) is 58.5 Å². The summed E-state index contributed by atoms with van der Waals surface area (Å²) in [5, 5.41) is 0. The molecule has 1 aliphatic heterocycles.